The van der Waals surface area contributed by atoms with E-state index in [-0.39, 0.29) is 18.2 Å². The largest absolute Gasteiger partial charge is 0.494 e. The maximum Gasteiger partial charge on any atom is 0.469 e. The highest BCUT2D eigenvalue weighted by Crippen LogP contribution is 2.44. The number of ether oxygens (including phenoxy) is 1. The lowest BCUT2D eigenvalue weighted by atomic mass is 9.93. The molecule has 204 valence electrons. The maximum absolute atomic E-state index is 11.2. The minimum Gasteiger partial charge on any atom is -0.494 e. The van der Waals surface area contributed by atoms with Gasteiger partial charge in [0.25, 0.3) is 0 Å². The topological polar surface area (TPSA) is 128 Å². The molecule has 1 saturated heterocycles. The second kappa shape index (κ2) is 11.3. The number of benzene rings is 1. The van der Waals surface area contributed by atoms with E-state index in [1.54, 1.807) is 0 Å². The molecular weight excluding hydrogens is 497 g/mol. The molecule has 10 nitrogen and oxygen atoms in total. The fourth-order valence-corrected chi connectivity index (χ4v) is 6.54. The molecule has 1 unspecified atom stereocenters. The van der Waals surface area contributed by atoms with Crippen LogP contribution in [0.2, 0.25) is 0 Å². The molecule has 5 rings (SSSR count). The highest BCUT2D eigenvalue weighted by molar-refractivity contribution is 7.46. The third kappa shape index (κ3) is 6.26. The smallest absolute Gasteiger partial charge is 0.469 e. The predicted molar refractivity (Wildman–Crippen MR) is 139 cm³/mol. The van der Waals surface area contributed by atoms with Crippen molar-refractivity contribution in [3.8, 4) is 17.5 Å². The van der Waals surface area contributed by atoms with Gasteiger partial charge in [0.1, 0.15) is 5.75 Å². The van der Waals surface area contributed by atoms with Gasteiger partial charge in [0.05, 0.1) is 17.9 Å². The van der Waals surface area contributed by atoms with Crippen molar-refractivity contribution in [1.82, 2.24) is 9.47 Å². The monoisotopic (exact) mass is 535 g/mol. The molecule has 2 heterocycles. The third-order valence-electron chi connectivity index (χ3n) is 7.88. The van der Waals surface area contributed by atoms with Crippen molar-refractivity contribution in [3.63, 3.8) is 0 Å². The molecule has 3 aliphatic rings. The molecule has 1 aliphatic heterocycles. The van der Waals surface area contributed by atoms with Crippen LogP contribution in [0.25, 0.3) is 0 Å². The van der Waals surface area contributed by atoms with Crippen LogP contribution in [0.15, 0.2) is 24.3 Å². The predicted octanol–water partition coefficient (Wildman–Crippen LogP) is 3.40. The van der Waals surface area contributed by atoms with E-state index in [9.17, 15) is 14.8 Å². The molecule has 1 aromatic heterocycles. The highest BCUT2D eigenvalue weighted by atomic mass is 31.2. The summed E-state index contributed by atoms with van der Waals surface area (Å²) < 4.78 is 23.9. The number of rotatable bonds is 9. The maximum atomic E-state index is 11.2. The molecule has 11 heteroatoms. The molecule has 4 N–H and O–H groups in total. The van der Waals surface area contributed by atoms with Crippen molar-refractivity contribution in [3.05, 3.63) is 35.4 Å². The fraction of sp³-hybridized carbons (Fsp3) is 0.615. The van der Waals surface area contributed by atoms with Gasteiger partial charge in [-0.15, -0.1) is 0 Å². The number of hydrogen-bond acceptors (Lipinski definition) is 7. The van der Waals surface area contributed by atoms with E-state index in [2.05, 4.69) is 28.0 Å². The van der Waals surface area contributed by atoms with Gasteiger partial charge in [-0.25, -0.2) is 4.57 Å². The lowest BCUT2D eigenvalue weighted by Crippen LogP contribution is -2.46. The molecular formula is C26H38N3O7P. The Balaban J connectivity index is 1.12. The summed E-state index contributed by atoms with van der Waals surface area (Å²) >= 11 is 0. The molecule has 37 heavy (non-hydrogen) atoms. The average Bonchev–Trinajstić information content (AvgIpc) is 3.46. The minimum atomic E-state index is -4.60. The van der Waals surface area contributed by atoms with E-state index < -0.39 is 13.9 Å². The highest BCUT2D eigenvalue weighted by Gasteiger charge is 2.32. The summed E-state index contributed by atoms with van der Waals surface area (Å²) in [6, 6.07) is 8.34. The molecule has 1 saturated carbocycles. The number of piperazine rings is 1. The number of aromatic hydroxyl groups is 2. The normalized spacial score (nSPS) is 21.4. The summed E-state index contributed by atoms with van der Waals surface area (Å²) in [5.41, 5.74) is 2.34. The molecule has 0 spiro atoms. The van der Waals surface area contributed by atoms with Crippen LogP contribution in [0.5, 0.6) is 17.5 Å². The van der Waals surface area contributed by atoms with Gasteiger partial charge in [0, 0.05) is 50.3 Å². The molecule has 1 atom stereocenters. The van der Waals surface area contributed by atoms with Gasteiger partial charge >= 0.3 is 7.82 Å². The minimum absolute atomic E-state index is 0.0322. The van der Waals surface area contributed by atoms with Crippen LogP contribution in [0, 0.1) is 0 Å². The number of phosphoric acid groups is 1. The number of phosphoric ester groups is 1. The molecule has 1 aromatic carbocycles. The molecule has 2 aromatic rings. The summed E-state index contributed by atoms with van der Waals surface area (Å²) in [7, 11) is -4.60. The lowest BCUT2D eigenvalue weighted by Gasteiger charge is -2.37. The zero-order valence-corrected chi connectivity index (χ0v) is 22.1. The van der Waals surface area contributed by atoms with Gasteiger partial charge in [-0.1, -0.05) is 12.1 Å². The summed E-state index contributed by atoms with van der Waals surface area (Å²) in [5.74, 6) is 1.000. The zero-order valence-electron chi connectivity index (χ0n) is 21.2. The van der Waals surface area contributed by atoms with Gasteiger partial charge in [0.2, 0.25) is 0 Å². The van der Waals surface area contributed by atoms with Gasteiger partial charge in [0.15, 0.2) is 11.8 Å². The standard InChI is InChI=1S/C26H38N3O7P/c30-25-21-11-10-20(36-37(32,33)34)18-22(21)26(31)29(25)13-5-12-27-14-16-28(17-15-27)23-8-3-4-9-24(23)35-19-6-1-2-7-19/h3-4,8-9,19-20,30-31H,1-2,5-7,10-18H2,(H2,32,33,34). The number of fused-ring (bicyclic) bond motifs is 1. The van der Waals surface area contributed by atoms with Gasteiger partial charge in [-0.3, -0.25) is 14.0 Å². The number of aromatic nitrogens is 1. The van der Waals surface area contributed by atoms with Crippen molar-refractivity contribution in [2.75, 3.05) is 37.6 Å². The Labute approximate surface area is 217 Å². The number of nitrogens with zero attached hydrogens (tertiary/aromatic N) is 3. The van der Waals surface area contributed by atoms with E-state index in [0.717, 1.165) is 57.7 Å². The van der Waals surface area contributed by atoms with Crippen LogP contribution < -0.4 is 9.64 Å². The second-order valence-electron chi connectivity index (χ2n) is 10.4. The van der Waals surface area contributed by atoms with E-state index in [4.69, 9.17) is 19.0 Å². The fourth-order valence-electron chi connectivity index (χ4n) is 5.97. The summed E-state index contributed by atoms with van der Waals surface area (Å²) in [6.45, 7) is 5.01. The Kier molecular flexibility index (Phi) is 8.02. The Morgan fingerprint density at radius 2 is 1.59 bits per heavy atom. The molecule has 2 aliphatic carbocycles. The first-order valence-corrected chi connectivity index (χ1v) is 14.9. The Morgan fingerprint density at radius 1 is 0.892 bits per heavy atom. The average molecular weight is 536 g/mol. The number of anilines is 1. The summed E-state index contributed by atoms with van der Waals surface area (Å²) in [4.78, 5) is 23.0. The Bertz CT molecular complexity index is 1120. The molecule has 0 bridgehead atoms. The van der Waals surface area contributed by atoms with Crippen LogP contribution in [0.3, 0.4) is 0 Å². The van der Waals surface area contributed by atoms with Crippen LogP contribution in [-0.2, 0) is 28.5 Å². The van der Waals surface area contributed by atoms with Crippen molar-refractivity contribution in [2.24, 2.45) is 0 Å². The first-order chi connectivity index (χ1) is 17.8. The molecule has 0 amide bonds. The van der Waals surface area contributed by atoms with Gasteiger partial charge in [-0.05, 0) is 63.6 Å². The third-order valence-corrected chi connectivity index (χ3v) is 8.45. The Morgan fingerprint density at radius 3 is 2.32 bits per heavy atom. The van der Waals surface area contributed by atoms with Crippen LogP contribution in [0.1, 0.15) is 49.7 Å². The van der Waals surface area contributed by atoms with E-state index in [1.165, 1.54) is 23.1 Å². The first kappa shape index (κ1) is 26.4. The van der Waals surface area contributed by atoms with Crippen LogP contribution >= 0.6 is 7.82 Å². The van der Waals surface area contributed by atoms with Crippen molar-refractivity contribution >= 4 is 13.5 Å². The zero-order chi connectivity index (χ0) is 26.0. The first-order valence-electron chi connectivity index (χ1n) is 13.4. The molecule has 0 radical (unpaired) electrons. The molecule has 2 fully saturated rings. The second-order valence-corrected chi connectivity index (χ2v) is 11.6. The Hall–Kier alpha value is -2.23. The number of hydrogen-bond donors (Lipinski definition) is 4. The van der Waals surface area contributed by atoms with Crippen molar-refractivity contribution in [1.29, 1.82) is 0 Å². The number of para-hydroxylation sites is 2. The summed E-state index contributed by atoms with van der Waals surface area (Å²) in [6.07, 6.45) is 6.14. The van der Waals surface area contributed by atoms with E-state index >= 15 is 0 Å². The lowest BCUT2D eigenvalue weighted by molar-refractivity contribution is 0.122. The van der Waals surface area contributed by atoms with Crippen molar-refractivity contribution in [2.45, 2.75) is 70.1 Å². The quantitative estimate of drug-likeness (QED) is 0.357. The van der Waals surface area contributed by atoms with E-state index in [0.29, 0.717) is 36.6 Å². The SMILES string of the molecule is O=P(O)(O)OC1CCc2c(c(O)n(CCCN3CCN(c4ccccc4OC4CCCC4)CC3)c2O)C1. The van der Waals surface area contributed by atoms with E-state index in [1.807, 2.05) is 6.07 Å². The van der Waals surface area contributed by atoms with Crippen LogP contribution in [0.4, 0.5) is 5.69 Å². The summed E-state index contributed by atoms with van der Waals surface area (Å²) in [5, 5.41) is 21.4. The van der Waals surface area contributed by atoms with Gasteiger partial charge < -0.3 is 29.6 Å². The van der Waals surface area contributed by atoms with Crippen molar-refractivity contribution < 1.29 is 33.8 Å². The van der Waals surface area contributed by atoms with Crippen LogP contribution in [-0.4, -0.2) is 74.4 Å². The van der Waals surface area contributed by atoms with Gasteiger partial charge in [-0.2, -0.15) is 0 Å².